The number of imidazole rings is 1. The van der Waals surface area contributed by atoms with Crippen LogP contribution in [0.2, 0.25) is 0 Å². The molecule has 142 valence electrons. The number of para-hydroxylation sites is 2. The van der Waals surface area contributed by atoms with Crippen LogP contribution in [-0.2, 0) is 11.3 Å². The maximum atomic E-state index is 5.75. The molecule has 0 atom stereocenters. The minimum atomic E-state index is 0.719. The zero-order valence-corrected chi connectivity index (χ0v) is 16.2. The van der Waals surface area contributed by atoms with E-state index in [4.69, 9.17) is 9.73 Å². The average molecular weight is 358 g/mol. The molecule has 6 nitrogen and oxygen atoms in total. The first-order valence-electron chi connectivity index (χ1n) is 9.68. The standard InChI is InChI=1S/C20H31N5O/c1-4-21-20(24(3)13-14-26-15-17-9-10-17)22-11-12-25-16(2)23-18-7-5-6-8-19(18)25/h5-8,17H,4,9-15H2,1-3H3,(H,21,22). The Hall–Kier alpha value is -2.08. The third-order valence-electron chi connectivity index (χ3n) is 4.75. The molecule has 0 aliphatic heterocycles. The summed E-state index contributed by atoms with van der Waals surface area (Å²) in [6.45, 7) is 9.07. The van der Waals surface area contributed by atoms with E-state index in [1.165, 1.54) is 18.4 Å². The Morgan fingerprint density at radius 3 is 2.96 bits per heavy atom. The lowest BCUT2D eigenvalue weighted by Gasteiger charge is -2.22. The first kappa shape index (κ1) is 18.7. The second-order valence-electron chi connectivity index (χ2n) is 6.97. The number of rotatable bonds is 9. The Morgan fingerprint density at radius 2 is 2.19 bits per heavy atom. The van der Waals surface area contributed by atoms with E-state index in [0.29, 0.717) is 0 Å². The van der Waals surface area contributed by atoms with Gasteiger partial charge in [0, 0.05) is 33.3 Å². The van der Waals surface area contributed by atoms with Crippen LogP contribution in [0.1, 0.15) is 25.6 Å². The Balaban J connectivity index is 1.54. The summed E-state index contributed by atoms with van der Waals surface area (Å²) < 4.78 is 7.98. The van der Waals surface area contributed by atoms with Crippen molar-refractivity contribution in [2.24, 2.45) is 10.9 Å². The topological polar surface area (TPSA) is 54.7 Å². The Labute approximate surface area is 156 Å². The number of aliphatic imine (C=N–C) groups is 1. The van der Waals surface area contributed by atoms with Gasteiger partial charge in [-0.2, -0.15) is 0 Å². The smallest absolute Gasteiger partial charge is 0.193 e. The fourth-order valence-electron chi connectivity index (χ4n) is 3.05. The van der Waals surface area contributed by atoms with Gasteiger partial charge in [-0.25, -0.2) is 4.98 Å². The second-order valence-corrected chi connectivity index (χ2v) is 6.97. The molecule has 26 heavy (non-hydrogen) atoms. The van der Waals surface area contributed by atoms with Crippen LogP contribution < -0.4 is 5.32 Å². The number of hydrogen-bond acceptors (Lipinski definition) is 3. The van der Waals surface area contributed by atoms with E-state index < -0.39 is 0 Å². The van der Waals surface area contributed by atoms with Crippen LogP contribution in [0.15, 0.2) is 29.3 Å². The van der Waals surface area contributed by atoms with E-state index in [-0.39, 0.29) is 0 Å². The van der Waals surface area contributed by atoms with E-state index in [0.717, 1.165) is 62.6 Å². The summed E-state index contributed by atoms with van der Waals surface area (Å²) in [4.78, 5) is 11.6. The van der Waals surface area contributed by atoms with Crippen molar-refractivity contribution >= 4 is 17.0 Å². The number of fused-ring (bicyclic) bond motifs is 1. The zero-order chi connectivity index (χ0) is 18.4. The number of guanidine groups is 1. The maximum absolute atomic E-state index is 5.75. The minimum absolute atomic E-state index is 0.719. The molecule has 1 aliphatic carbocycles. The summed E-state index contributed by atoms with van der Waals surface area (Å²) in [6.07, 6.45) is 2.67. The van der Waals surface area contributed by atoms with Gasteiger partial charge >= 0.3 is 0 Å². The summed E-state index contributed by atoms with van der Waals surface area (Å²) in [5.41, 5.74) is 2.22. The normalized spacial score (nSPS) is 14.8. The molecule has 1 aliphatic rings. The molecule has 2 aromatic rings. The van der Waals surface area contributed by atoms with Crippen LogP contribution in [0.4, 0.5) is 0 Å². The third-order valence-corrected chi connectivity index (χ3v) is 4.75. The van der Waals surface area contributed by atoms with Crippen molar-refractivity contribution in [2.45, 2.75) is 33.2 Å². The molecule has 1 saturated carbocycles. The predicted molar refractivity (Wildman–Crippen MR) is 107 cm³/mol. The highest BCUT2D eigenvalue weighted by Crippen LogP contribution is 2.28. The van der Waals surface area contributed by atoms with Gasteiger partial charge in [0.2, 0.25) is 0 Å². The highest BCUT2D eigenvalue weighted by atomic mass is 16.5. The summed E-state index contributed by atoms with van der Waals surface area (Å²) in [7, 11) is 2.07. The van der Waals surface area contributed by atoms with Crippen LogP contribution in [0.5, 0.6) is 0 Å². The van der Waals surface area contributed by atoms with Crippen LogP contribution >= 0.6 is 0 Å². The van der Waals surface area contributed by atoms with Gasteiger partial charge in [0.1, 0.15) is 5.82 Å². The molecule has 6 heteroatoms. The maximum Gasteiger partial charge on any atom is 0.193 e. The number of ether oxygens (including phenoxy) is 1. The fraction of sp³-hybridized carbons (Fsp3) is 0.600. The van der Waals surface area contributed by atoms with E-state index >= 15 is 0 Å². The summed E-state index contributed by atoms with van der Waals surface area (Å²) in [5.74, 6) is 2.79. The summed E-state index contributed by atoms with van der Waals surface area (Å²) in [5, 5.41) is 3.37. The molecule has 0 unspecified atom stereocenters. The zero-order valence-electron chi connectivity index (χ0n) is 16.2. The van der Waals surface area contributed by atoms with E-state index in [9.17, 15) is 0 Å². The number of likely N-dealkylation sites (N-methyl/N-ethyl adjacent to an activating group) is 1. The Morgan fingerprint density at radius 1 is 1.38 bits per heavy atom. The number of aromatic nitrogens is 2. The molecule has 1 aromatic heterocycles. The minimum Gasteiger partial charge on any atom is -0.379 e. The summed E-state index contributed by atoms with van der Waals surface area (Å²) >= 11 is 0. The van der Waals surface area contributed by atoms with Gasteiger partial charge in [-0.05, 0) is 44.7 Å². The lowest BCUT2D eigenvalue weighted by atomic mass is 10.3. The molecular weight excluding hydrogens is 326 g/mol. The van der Waals surface area contributed by atoms with Crippen molar-refractivity contribution in [3.63, 3.8) is 0 Å². The van der Waals surface area contributed by atoms with Crippen molar-refractivity contribution in [1.82, 2.24) is 19.8 Å². The molecular formula is C20H31N5O. The lowest BCUT2D eigenvalue weighted by Crippen LogP contribution is -2.40. The van der Waals surface area contributed by atoms with Crippen LogP contribution in [0, 0.1) is 12.8 Å². The molecule has 3 rings (SSSR count). The van der Waals surface area contributed by atoms with Crippen molar-refractivity contribution in [2.75, 3.05) is 39.9 Å². The molecule has 1 aromatic carbocycles. The van der Waals surface area contributed by atoms with E-state index in [2.05, 4.69) is 58.9 Å². The molecule has 1 N–H and O–H groups in total. The van der Waals surface area contributed by atoms with Gasteiger partial charge in [-0.1, -0.05) is 12.1 Å². The number of aryl methyl sites for hydroxylation is 1. The number of hydrogen-bond donors (Lipinski definition) is 1. The van der Waals surface area contributed by atoms with Crippen LogP contribution in [0.3, 0.4) is 0 Å². The van der Waals surface area contributed by atoms with E-state index in [1.807, 2.05) is 6.07 Å². The molecule has 0 saturated heterocycles. The number of benzene rings is 1. The third kappa shape index (κ3) is 4.97. The molecule has 0 amide bonds. The van der Waals surface area contributed by atoms with Crippen molar-refractivity contribution < 1.29 is 4.74 Å². The highest BCUT2D eigenvalue weighted by Gasteiger charge is 2.21. The average Bonchev–Trinajstić information content (AvgIpc) is 3.41. The first-order valence-corrected chi connectivity index (χ1v) is 9.68. The van der Waals surface area contributed by atoms with Gasteiger partial charge in [-0.3, -0.25) is 4.99 Å². The molecule has 1 fully saturated rings. The van der Waals surface area contributed by atoms with Crippen LogP contribution in [-0.4, -0.2) is 60.3 Å². The lowest BCUT2D eigenvalue weighted by molar-refractivity contribution is 0.115. The van der Waals surface area contributed by atoms with Crippen molar-refractivity contribution in [3.8, 4) is 0 Å². The molecule has 1 heterocycles. The molecule has 0 spiro atoms. The SMILES string of the molecule is CCNC(=NCCn1c(C)nc2ccccc21)N(C)CCOCC1CC1. The molecule has 0 bridgehead atoms. The van der Waals surface area contributed by atoms with Gasteiger partial charge in [0.15, 0.2) is 5.96 Å². The predicted octanol–water partition coefficient (Wildman–Crippen LogP) is 2.67. The number of nitrogens with zero attached hydrogens (tertiary/aromatic N) is 4. The first-order chi connectivity index (χ1) is 12.7. The quantitative estimate of drug-likeness (QED) is 0.426. The monoisotopic (exact) mass is 357 g/mol. The van der Waals surface area contributed by atoms with Crippen molar-refractivity contribution in [1.29, 1.82) is 0 Å². The summed E-state index contributed by atoms with van der Waals surface area (Å²) in [6, 6.07) is 8.26. The Kier molecular flexibility index (Phi) is 6.50. The largest absolute Gasteiger partial charge is 0.379 e. The van der Waals surface area contributed by atoms with Gasteiger partial charge < -0.3 is 19.5 Å². The van der Waals surface area contributed by atoms with Crippen molar-refractivity contribution in [3.05, 3.63) is 30.1 Å². The van der Waals surface area contributed by atoms with Gasteiger partial charge in [0.05, 0.1) is 24.2 Å². The number of nitrogens with one attached hydrogen (secondary N) is 1. The van der Waals surface area contributed by atoms with Gasteiger partial charge in [0.25, 0.3) is 0 Å². The fourth-order valence-corrected chi connectivity index (χ4v) is 3.05. The second kappa shape index (κ2) is 9.03. The van der Waals surface area contributed by atoms with Gasteiger partial charge in [-0.15, -0.1) is 0 Å². The van der Waals surface area contributed by atoms with E-state index in [1.54, 1.807) is 0 Å². The molecule has 0 radical (unpaired) electrons. The Bertz CT molecular complexity index is 735. The highest BCUT2D eigenvalue weighted by molar-refractivity contribution is 5.79. The van der Waals surface area contributed by atoms with Crippen LogP contribution in [0.25, 0.3) is 11.0 Å².